The highest BCUT2D eigenvalue weighted by Crippen LogP contribution is 2.26. The maximum atomic E-state index is 10.9. The quantitative estimate of drug-likeness (QED) is 0.750. The van der Waals surface area contributed by atoms with Crippen molar-refractivity contribution in [1.29, 1.82) is 0 Å². The van der Waals surface area contributed by atoms with E-state index >= 15 is 0 Å². The second-order valence-electron chi connectivity index (χ2n) is 5.33. The molecule has 0 aliphatic carbocycles. The molecule has 0 saturated heterocycles. The molecular formula is C17H19N5O2. The van der Waals surface area contributed by atoms with Crippen molar-refractivity contribution < 1.29 is 9.53 Å². The van der Waals surface area contributed by atoms with Crippen LogP contribution in [0.1, 0.15) is 12.6 Å². The summed E-state index contributed by atoms with van der Waals surface area (Å²) in [5, 5.41) is 4.38. The Hall–Kier alpha value is -3.09. The van der Waals surface area contributed by atoms with Crippen molar-refractivity contribution in [1.82, 2.24) is 19.3 Å². The van der Waals surface area contributed by atoms with Gasteiger partial charge in [0.25, 0.3) is 5.91 Å². The predicted molar refractivity (Wildman–Crippen MR) is 89.9 cm³/mol. The monoisotopic (exact) mass is 325 g/mol. The van der Waals surface area contributed by atoms with E-state index in [2.05, 4.69) is 17.0 Å². The van der Waals surface area contributed by atoms with Crippen molar-refractivity contribution in [2.75, 3.05) is 6.61 Å². The SMILES string of the molecule is CCn1ncc(-n2ccnc2-c2cccc(OCC(N)=O)c2)c1C. The molecule has 2 N–H and O–H groups in total. The fraction of sp³-hybridized carbons (Fsp3) is 0.235. The third-order valence-electron chi connectivity index (χ3n) is 3.75. The van der Waals surface area contributed by atoms with E-state index in [1.807, 2.05) is 46.8 Å². The molecule has 3 aromatic rings. The maximum absolute atomic E-state index is 10.9. The van der Waals surface area contributed by atoms with Gasteiger partial charge < -0.3 is 10.5 Å². The standard InChI is InChI=1S/C17H19N5O2/c1-3-22-12(2)15(10-20-22)21-8-7-19-17(21)13-5-4-6-14(9-13)24-11-16(18)23/h4-10H,3,11H2,1-2H3,(H2,18,23). The number of ether oxygens (including phenoxy) is 1. The van der Waals surface area contributed by atoms with Crippen LogP contribution in [-0.2, 0) is 11.3 Å². The van der Waals surface area contributed by atoms with Gasteiger partial charge in [-0.1, -0.05) is 12.1 Å². The summed E-state index contributed by atoms with van der Waals surface area (Å²) in [6.07, 6.45) is 5.47. The first-order valence-electron chi connectivity index (χ1n) is 7.67. The molecule has 7 heteroatoms. The highest BCUT2D eigenvalue weighted by molar-refractivity contribution is 5.75. The average molecular weight is 325 g/mol. The van der Waals surface area contributed by atoms with Crippen LogP contribution < -0.4 is 10.5 Å². The molecule has 1 amide bonds. The first kappa shape index (κ1) is 15.8. The fourth-order valence-corrected chi connectivity index (χ4v) is 2.58. The number of carbonyl (C=O) groups is 1. The summed E-state index contributed by atoms with van der Waals surface area (Å²) in [4.78, 5) is 15.3. The summed E-state index contributed by atoms with van der Waals surface area (Å²) in [5.74, 6) is 0.838. The summed E-state index contributed by atoms with van der Waals surface area (Å²) in [6, 6.07) is 7.41. The van der Waals surface area contributed by atoms with E-state index in [9.17, 15) is 4.79 Å². The largest absolute Gasteiger partial charge is 0.484 e. The number of hydrogen-bond acceptors (Lipinski definition) is 4. The number of carbonyl (C=O) groups excluding carboxylic acids is 1. The van der Waals surface area contributed by atoms with Gasteiger partial charge in [-0.15, -0.1) is 0 Å². The molecule has 1 aromatic carbocycles. The minimum absolute atomic E-state index is 0.153. The average Bonchev–Trinajstić information content (AvgIpc) is 3.19. The number of nitrogens with zero attached hydrogens (tertiary/aromatic N) is 4. The van der Waals surface area contributed by atoms with Crippen LogP contribution in [0.4, 0.5) is 0 Å². The summed E-state index contributed by atoms with van der Waals surface area (Å²) < 4.78 is 9.29. The number of hydrogen-bond donors (Lipinski definition) is 1. The lowest BCUT2D eigenvalue weighted by molar-refractivity contribution is -0.119. The molecule has 0 bridgehead atoms. The van der Waals surface area contributed by atoms with Crippen LogP contribution in [-0.4, -0.2) is 31.8 Å². The maximum Gasteiger partial charge on any atom is 0.255 e. The van der Waals surface area contributed by atoms with Gasteiger partial charge in [-0.3, -0.25) is 14.0 Å². The van der Waals surface area contributed by atoms with E-state index in [-0.39, 0.29) is 6.61 Å². The highest BCUT2D eigenvalue weighted by Gasteiger charge is 2.13. The number of imidazole rings is 1. The number of aryl methyl sites for hydroxylation is 1. The van der Waals surface area contributed by atoms with Crippen LogP contribution in [0.15, 0.2) is 42.9 Å². The molecule has 0 radical (unpaired) electrons. The molecule has 2 heterocycles. The van der Waals surface area contributed by atoms with E-state index in [4.69, 9.17) is 10.5 Å². The van der Waals surface area contributed by atoms with E-state index in [0.717, 1.165) is 29.3 Å². The second-order valence-corrected chi connectivity index (χ2v) is 5.33. The minimum Gasteiger partial charge on any atom is -0.484 e. The molecule has 0 fully saturated rings. The highest BCUT2D eigenvalue weighted by atomic mass is 16.5. The molecule has 0 atom stereocenters. The van der Waals surface area contributed by atoms with E-state index in [1.54, 1.807) is 12.3 Å². The number of aromatic nitrogens is 4. The van der Waals surface area contributed by atoms with Crippen molar-refractivity contribution in [2.45, 2.75) is 20.4 Å². The van der Waals surface area contributed by atoms with Crippen LogP contribution >= 0.6 is 0 Å². The lowest BCUT2D eigenvalue weighted by Gasteiger charge is -2.09. The van der Waals surface area contributed by atoms with Gasteiger partial charge in [-0.2, -0.15) is 5.10 Å². The third kappa shape index (κ3) is 3.01. The first-order valence-corrected chi connectivity index (χ1v) is 7.67. The number of amides is 1. The van der Waals surface area contributed by atoms with Gasteiger partial charge in [0.2, 0.25) is 0 Å². The molecule has 3 rings (SSSR count). The van der Waals surface area contributed by atoms with Crippen LogP contribution in [0, 0.1) is 6.92 Å². The summed E-state index contributed by atoms with van der Waals surface area (Å²) in [7, 11) is 0. The van der Waals surface area contributed by atoms with Gasteiger partial charge >= 0.3 is 0 Å². The van der Waals surface area contributed by atoms with E-state index in [1.165, 1.54) is 0 Å². The van der Waals surface area contributed by atoms with Crippen LogP contribution in [0.2, 0.25) is 0 Å². The van der Waals surface area contributed by atoms with Crippen molar-refractivity contribution >= 4 is 5.91 Å². The number of benzene rings is 1. The lowest BCUT2D eigenvalue weighted by Crippen LogP contribution is -2.20. The second kappa shape index (κ2) is 6.57. The molecule has 0 spiro atoms. The Kier molecular flexibility index (Phi) is 4.33. The number of rotatable bonds is 6. The predicted octanol–water partition coefficient (Wildman–Crippen LogP) is 1.93. The molecule has 0 aliphatic heterocycles. The van der Waals surface area contributed by atoms with Crippen molar-refractivity contribution in [3.05, 3.63) is 48.5 Å². The lowest BCUT2D eigenvalue weighted by atomic mass is 10.2. The Bertz CT molecular complexity index is 866. The molecule has 0 unspecified atom stereocenters. The molecule has 0 aliphatic rings. The van der Waals surface area contributed by atoms with E-state index < -0.39 is 5.91 Å². The van der Waals surface area contributed by atoms with Crippen LogP contribution in [0.25, 0.3) is 17.1 Å². The topological polar surface area (TPSA) is 88.0 Å². The van der Waals surface area contributed by atoms with Crippen LogP contribution in [0.3, 0.4) is 0 Å². The summed E-state index contributed by atoms with van der Waals surface area (Å²) >= 11 is 0. The summed E-state index contributed by atoms with van der Waals surface area (Å²) in [6.45, 7) is 4.74. The normalized spacial score (nSPS) is 10.8. The van der Waals surface area contributed by atoms with Gasteiger partial charge in [0.1, 0.15) is 11.6 Å². The van der Waals surface area contributed by atoms with Crippen molar-refractivity contribution in [3.63, 3.8) is 0 Å². The molecule has 2 aromatic heterocycles. The Morgan fingerprint density at radius 1 is 1.38 bits per heavy atom. The van der Waals surface area contributed by atoms with Gasteiger partial charge in [-0.25, -0.2) is 4.98 Å². The van der Waals surface area contributed by atoms with Gasteiger partial charge in [0, 0.05) is 24.5 Å². The Morgan fingerprint density at radius 3 is 2.92 bits per heavy atom. The smallest absolute Gasteiger partial charge is 0.255 e. The number of nitrogens with two attached hydrogens (primary N) is 1. The van der Waals surface area contributed by atoms with Crippen molar-refractivity contribution in [2.24, 2.45) is 5.73 Å². The zero-order valence-electron chi connectivity index (χ0n) is 13.6. The molecule has 0 saturated carbocycles. The minimum atomic E-state index is -0.510. The number of primary amides is 1. The molecule has 7 nitrogen and oxygen atoms in total. The molecule has 124 valence electrons. The van der Waals surface area contributed by atoms with Gasteiger partial charge in [0.15, 0.2) is 6.61 Å². The molecular weight excluding hydrogens is 306 g/mol. The van der Waals surface area contributed by atoms with Crippen LogP contribution in [0.5, 0.6) is 5.75 Å². The third-order valence-corrected chi connectivity index (χ3v) is 3.75. The first-order chi connectivity index (χ1) is 11.6. The van der Waals surface area contributed by atoms with Gasteiger partial charge in [0.05, 0.1) is 17.6 Å². The fourth-order valence-electron chi connectivity index (χ4n) is 2.58. The summed E-state index contributed by atoms with van der Waals surface area (Å²) in [5.41, 5.74) is 8.04. The Balaban J connectivity index is 1.97. The zero-order chi connectivity index (χ0) is 17.1. The molecule has 24 heavy (non-hydrogen) atoms. The van der Waals surface area contributed by atoms with Crippen molar-refractivity contribution in [3.8, 4) is 22.8 Å². The van der Waals surface area contributed by atoms with E-state index in [0.29, 0.717) is 5.75 Å². The Morgan fingerprint density at radius 2 is 2.21 bits per heavy atom. The zero-order valence-corrected chi connectivity index (χ0v) is 13.6. The Labute approximate surface area is 139 Å². The van der Waals surface area contributed by atoms with Gasteiger partial charge in [-0.05, 0) is 26.0 Å².